The highest BCUT2D eigenvalue weighted by molar-refractivity contribution is 5.54. The van der Waals surface area contributed by atoms with E-state index in [2.05, 4.69) is 29.6 Å². The molecule has 0 unspecified atom stereocenters. The number of benzene rings is 2. The highest BCUT2D eigenvalue weighted by Crippen LogP contribution is 2.35. The number of hydrogen-bond donors (Lipinski definition) is 2. The van der Waals surface area contributed by atoms with E-state index in [1.54, 1.807) is 0 Å². The molecule has 0 fully saturated rings. The first-order chi connectivity index (χ1) is 9.30. The minimum Gasteiger partial charge on any atom is -0.457 e. The summed E-state index contributed by atoms with van der Waals surface area (Å²) in [5.41, 5.74) is 10.4. The molecule has 19 heavy (non-hydrogen) atoms. The lowest BCUT2D eigenvalue weighted by Crippen LogP contribution is -1.98. The summed E-state index contributed by atoms with van der Waals surface area (Å²) in [6.07, 6.45) is 2.00. The highest BCUT2D eigenvalue weighted by Gasteiger charge is 2.15. The predicted octanol–water partition coefficient (Wildman–Crippen LogP) is 3.08. The van der Waals surface area contributed by atoms with Gasteiger partial charge in [-0.05, 0) is 53.8 Å². The standard InChI is InChI=1S/C16H18N2O/c1-18-14-6-7-15-13(9-14)5-4-12-3-2-11(10-17)8-16(12)19-15/h2-3,6-9,18H,4-5,10,17H2,1H3. The van der Waals surface area contributed by atoms with Gasteiger partial charge in [0.15, 0.2) is 0 Å². The first-order valence-electron chi connectivity index (χ1n) is 6.60. The van der Waals surface area contributed by atoms with Crippen molar-refractivity contribution in [2.75, 3.05) is 12.4 Å². The van der Waals surface area contributed by atoms with Crippen molar-refractivity contribution in [2.24, 2.45) is 5.73 Å². The van der Waals surface area contributed by atoms with Crippen LogP contribution in [0.1, 0.15) is 16.7 Å². The van der Waals surface area contributed by atoms with E-state index >= 15 is 0 Å². The Bertz CT molecular complexity index is 608. The van der Waals surface area contributed by atoms with Gasteiger partial charge in [0.2, 0.25) is 0 Å². The molecule has 0 amide bonds. The predicted molar refractivity (Wildman–Crippen MR) is 77.8 cm³/mol. The van der Waals surface area contributed by atoms with Crippen LogP contribution in [0.25, 0.3) is 0 Å². The molecule has 0 aromatic heterocycles. The van der Waals surface area contributed by atoms with Crippen molar-refractivity contribution in [3.63, 3.8) is 0 Å². The summed E-state index contributed by atoms with van der Waals surface area (Å²) >= 11 is 0. The maximum atomic E-state index is 6.06. The van der Waals surface area contributed by atoms with Gasteiger partial charge in [-0.25, -0.2) is 0 Å². The van der Waals surface area contributed by atoms with Crippen LogP contribution in [-0.2, 0) is 19.4 Å². The molecule has 2 aromatic carbocycles. The molecule has 0 aliphatic carbocycles. The van der Waals surface area contributed by atoms with Gasteiger partial charge in [-0.1, -0.05) is 12.1 Å². The van der Waals surface area contributed by atoms with Crippen LogP contribution in [0.15, 0.2) is 36.4 Å². The zero-order valence-corrected chi connectivity index (χ0v) is 11.1. The van der Waals surface area contributed by atoms with Crippen LogP contribution in [0.5, 0.6) is 11.5 Å². The number of ether oxygens (including phenoxy) is 1. The Morgan fingerprint density at radius 1 is 1.05 bits per heavy atom. The van der Waals surface area contributed by atoms with Crippen molar-refractivity contribution in [2.45, 2.75) is 19.4 Å². The Labute approximate surface area is 113 Å². The van der Waals surface area contributed by atoms with Gasteiger partial charge in [0.1, 0.15) is 11.5 Å². The molecule has 1 heterocycles. The molecule has 3 heteroatoms. The summed E-state index contributed by atoms with van der Waals surface area (Å²) in [6, 6.07) is 12.5. The fourth-order valence-corrected chi connectivity index (χ4v) is 2.45. The third-order valence-electron chi connectivity index (χ3n) is 3.60. The van der Waals surface area contributed by atoms with Gasteiger partial charge in [-0.3, -0.25) is 0 Å². The van der Waals surface area contributed by atoms with Crippen molar-refractivity contribution in [1.82, 2.24) is 0 Å². The Morgan fingerprint density at radius 3 is 2.68 bits per heavy atom. The van der Waals surface area contributed by atoms with Gasteiger partial charge in [0.05, 0.1) is 0 Å². The Kier molecular flexibility index (Phi) is 3.13. The lowest BCUT2D eigenvalue weighted by molar-refractivity contribution is 0.478. The summed E-state index contributed by atoms with van der Waals surface area (Å²) in [4.78, 5) is 0. The molecule has 2 aromatic rings. The number of nitrogens with one attached hydrogen (secondary N) is 1. The third-order valence-corrected chi connectivity index (χ3v) is 3.60. The van der Waals surface area contributed by atoms with E-state index in [-0.39, 0.29) is 0 Å². The van der Waals surface area contributed by atoms with E-state index in [1.807, 2.05) is 19.2 Å². The van der Waals surface area contributed by atoms with Crippen LogP contribution >= 0.6 is 0 Å². The van der Waals surface area contributed by atoms with Crippen LogP contribution < -0.4 is 15.8 Å². The SMILES string of the molecule is CNc1ccc2c(c1)CCc1ccc(CN)cc1O2. The molecule has 0 atom stereocenters. The zero-order chi connectivity index (χ0) is 13.2. The Hall–Kier alpha value is -2.00. The molecular formula is C16H18N2O. The maximum Gasteiger partial charge on any atom is 0.130 e. The van der Waals surface area contributed by atoms with Crippen LogP contribution in [-0.4, -0.2) is 7.05 Å². The van der Waals surface area contributed by atoms with Crippen molar-refractivity contribution in [1.29, 1.82) is 0 Å². The largest absolute Gasteiger partial charge is 0.457 e. The molecule has 0 spiro atoms. The number of rotatable bonds is 2. The molecule has 3 nitrogen and oxygen atoms in total. The first kappa shape index (κ1) is 12.1. The number of fused-ring (bicyclic) bond motifs is 2. The van der Waals surface area contributed by atoms with Crippen LogP contribution in [0.2, 0.25) is 0 Å². The monoisotopic (exact) mass is 254 g/mol. The Morgan fingerprint density at radius 2 is 1.89 bits per heavy atom. The molecule has 0 radical (unpaired) electrons. The second-order valence-electron chi connectivity index (χ2n) is 4.82. The molecule has 1 aliphatic rings. The molecule has 1 aliphatic heterocycles. The fraction of sp³-hybridized carbons (Fsp3) is 0.250. The lowest BCUT2D eigenvalue weighted by Gasteiger charge is -2.11. The molecule has 3 N–H and O–H groups in total. The van der Waals surface area contributed by atoms with Gasteiger partial charge < -0.3 is 15.8 Å². The van der Waals surface area contributed by atoms with Crippen molar-refractivity contribution >= 4 is 5.69 Å². The number of nitrogens with two attached hydrogens (primary N) is 1. The normalized spacial score (nSPS) is 12.9. The average molecular weight is 254 g/mol. The molecule has 0 bridgehead atoms. The summed E-state index contributed by atoms with van der Waals surface area (Å²) in [7, 11) is 1.93. The van der Waals surface area contributed by atoms with Crippen molar-refractivity contribution in [3.8, 4) is 11.5 Å². The first-order valence-corrected chi connectivity index (χ1v) is 6.60. The van der Waals surface area contributed by atoms with Crippen LogP contribution in [0, 0.1) is 0 Å². The quantitative estimate of drug-likeness (QED) is 0.865. The Balaban J connectivity index is 2.01. The molecule has 98 valence electrons. The summed E-state index contributed by atoms with van der Waals surface area (Å²) in [5.74, 6) is 1.89. The summed E-state index contributed by atoms with van der Waals surface area (Å²) < 4.78 is 6.06. The summed E-state index contributed by atoms with van der Waals surface area (Å²) in [6.45, 7) is 0.544. The van der Waals surface area contributed by atoms with Crippen LogP contribution in [0.3, 0.4) is 0 Å². The lowest BCUT2D eigenvalue weighted by atomic mass is 10.0. The topological polar surface area (TPSA) is 47.3 Å². The number of hydrogen-bond acceptors (Lipinski definition) is 3. The minimum atomic E-state index is 0.544. The third kappa shape index (κ3) is 2.29. The zero-order valence-electron chi connectivity index (χ0n) is 11.1. The van der Waals surface area contributed by atoms with Gasteiger partial charge in [0.25, 0.3) is 0 Å². The molecule has 3 rings (SSSR count). The summed E-state index contributed by atoms with van der Waals surface area (Å²) in [5, 5.41) is 3.16. The average Bonchev–Trinajstić information content (AvgIpc) is 2.64. The number of anilines is 1. The second-order valence-corrected chi connectivity index (χ2v) is 4.82. The van der Waals surface area contributed by atoms with E-state index in [0.29, 0.717) is 6.54 Å². The maximum absolute atomic E-state index is 6.06. The highest BCUT2D eigenvalue weighted by atomic mass is 16.5. The van der Waals surface area contributed by atoms with E-state index < -0.39 is 0 Å². The van der Waals surface area contributed by atoms with Gasteiger partial charge in [-0.2, -0.15) is 0 Å². The van der Waals surface area contributed by atoms with Gasteiger partial charge >= 0.3 is 0 Å². The van der Waals surface area contributed by atoms with E-state index in [9.17, 15) is 0 Å². The van der Waals surface area contributed by atoms with Crippen LogP contribution in [0.4, 0.5) is 5.69 Å². The molecular weight excluding hydrogens is 236 g/mol. The van der Waals surface area contributed by atoms with E-state index in [1.165, 1.54) is 11.1 Å². The molecule has 0 saturated heterocycles. The number of aryl methyl sites for hydroxylation is 2. The van der Waals surface area contributed by atoms with E-state index in [4.69, 9.17) is 10.5 Å². The van der Waals surface area contributed by atoms with Crippen molar-refractivity contribution < 1.29 is 4.74 Å². The smallest absolute Gasteiger partial charge is 0.130 e. The van der Waals surface area contributed by atoms with E-state index in [0.717, 1.165) is 35.6 Å². The molecule has 0 saturated carbocycles. The second kappa shape index (κ2) is 4.94. The van der Waals surface area contributed by atoms with Gasteiger partial charge in [0, 0.05) is 19.3 Å². The fourth-order valence-electron chi connectivity index (χ4n) is 2.45. The minimum absolute atomic E-state index is 0.544. The van der Waals surface area contributed by atoms with Crippen molar-refractivity contribution in [3.05, 3.63) is 53.1 Å². The van der Waals surface area contributed by atoms with Gasteiger partial charge in [-0.15, -0.1) is 0 Å².